The van der Waals surface area contributed by atoms with Crippen LogP contribution in [-0.4, -0.2) is 119 Å². The number of likely N-dealkylation sites (tertiary alicyclic amines) is 1. The van der Waals surface area contributed by atoms with E-state index < -0.39 is 52.5 Å². The summed E-state index contributed by atoms with van der Waals surface area (Å²) in [5, 5.41) is 12.3. The standard InChI is InChI=1S/C58H64F3N7O9S2/c1-35(2)49(66-32-40-11-9-10-12-45(40)52(66)70)53(71)65-33-44(77-56(4,5)6)29-47(65)51(69)63-31-39-14-13-37(50-36(3)64-34-79-50)27-48(39)76-26-24-74-22-21-73-23-25-75-43-19-17-41(18-20-43)68-55(78)67(54(72)57(68,7)8)42-16-15-38(30-62)46(28-42)58(59,60)61/h9-20,27-28,34-35,44,47,49H,21-26,29,31-33H2,1-8H3,(H,63,69)/t44-,47+,49+/m1/s1. The number of carbonyl (C=O) groups excluding carboxylic acids is 4. The van der Waals surface area contributed by atoms with Crippen LogP contribution in [0.25, 0.3) is 10.4 Å². The molecule has 3 aliphatic heterocycles. The maximum absolute atomic E-state index is 14.7. The van der Waals surface area contributed by atoms with Crippen molar-refractivity contribution < 1.29 is 56.0 Å². The van der Waals surface area contributed by atoms with Gasteiger partial charge in [0.05, 0.1) is 77.1 Å². The first-order valence-corrected chi connectivity index (χ1v) is 27.3. The topological polar surface area (TPSA) is 176 Å². The van der Waals surface area contributed by atoms with Gasteiger partial charge in [-0.05, 0) is 125 Å². The molecule has 4 aromatic carbocycles. The van der Waals surface area contributed by atoms with Crippen LogP contribution in [0.15, 0.2) is 90.4 Å². The Morgan fingerprint density at radius 2 is 1.58 bits per heavy atom. The number of thiazole rings is 1. The molecule has 0 unspecified atom stereocenters. The number of hydrogen-bond donors (Lipinski definition) is 1. The van der Waals surface area contributed by atoms with Crippen molar-refractivity contribution in [2.45, 2.75) is 110 Å². The van der Waals surface area contributed by atoms with E-state index in [4.69, 9.17) is 35.9 Å². The average molecular weight is 1120 g/mol. The fraction of sp³-hybridized carbons (Fsp3) is 0.431. The molecule has 2 fully saturated rings. The first-order valence-electron chi connectivity index (χ1n) is 26.0. The Hall–Kier alpha value is -6.96. The SMILES string of the molecule is Cc1ncsc1-c1ccc(CNC(=O)[C@@H]2C[C@@H](OC(C)(C)C)CN2C(=O)[C@H](C(C)C)N2Cc3ccccc3C2=O)c(OCCOCCOCCOc2ccc(N3C(=S)N(c4ccc(C#N)c(C(F)(F)F)c4)C(=O)C3(C)C)cc2)c1. The lowest BCUT2D eigenvalue weighted by atomic mass is 10.0. The van der Waals surface area contributed by atoms with E-state index in [1.54, 1.807) is 70.5 Å². The van der Waals surface area contributed by atoms with Gasteiger partial charge in [-0.25, -0.2) is 4.98 Å². The molecule has 1 N–H and O–H groups in total. The number of thiocarbonyl (C=S) groups is 1. The third kappa shape index (κ3) is 13.1. The van der Waals surface area contributed by atoms with Crippen LogP contribution < -0.4 is 24.6 Å². The van der Waals surface area contributed by atoms with E-state index in [0.29, 0.717) is 34.9 Å². The number of benzene rings is 4. The molecule has 0 radical (unpaired) electrons. The van der Waals surface area contributed by atoms with Gasteiger partial charge in [-0.1, -0.05) is 44.2 Å². The third-order valence-corrected chi connectivity index (χ3v) is 15.1. The number of nitrogens with one attached hydrogen (secondary N) is 1. The van der Waals surface area contributed by atoms with E-state index in [2.05, 4.69) is 10.3 Å². The maximum atomic E-state index is 14.7. The summed E-state index contributed by atoms with van der Waals surface area (Å²) in [4.78, 5) is 67.5. The third-order valence-electron chi connectivity index (χ3n) is 13.8. The minimum atomic E-state index is -4.81. The van der Waals surface area contributed by atoms with Crippen molar-refractivity contribution in [3.8, 4) is 28.0 Å². The highest BCUT2D eigenvalue weighted by atomic mass is 32.1. The van der Waals surface area contributed by atoms with Crippen molar-refractivity contribution in [1.82, 2.24) is 20.1 Å². The minimum Gasteiger partial charge on any atom is -0.491 e. The molecular weight excluding hydrogens is 1060 g/mol. The molecular formula is C58H64F3N7O9S2. The van der Waals surface area contributed by atoms with Crippen LogP contribution in [0, 0.1) is 24.2 Å². The second-order valence-corrected chi connectivity index (χ2v) is 22.5. The quantitative estimate of drug-likeness (QED) is 0.0544. The van der Waals surface area contributed by atoms with E-state index in [9.17, 15) is 37.6 Å². The van der Waals surface area contributed by atoms with E-state index >= 15 is 0 Å². The fourth-order valence-electron chi connectivity index (χ4n) is 10.1. The Bertz CT molecular complexity index is 3120. The molecule has 4 amide bonds. The molecule has 4 heterocycles. The Balaban J connectivity index is 0.821. The number of carbonyl (C=O) groups is 4. The molecule has 8 rings (SSSR count). The Morgan fingerprint density at radius 3 is 2.22 bits per heavy atom. The van der Waals surface area contributed by atoms with Crippen molar-refractivity contribution in [3.63, 3.8) is 0 Å². The summed E-state index contributed by atoms with van der Waals surface area (Å²) in [6.45, 7) is 16.9. The number of alkyl halides is 3. The predicted octanol–water partition coefficient (Wildman–Crippen LogP) is 9.50. The van der Waals surface area contributed by atoms with Gasteiger partial charge < -0.3 is 43.7 Å². The second-order valence-electron chi connectivity index (χ2n) is 21.3. The number of halogens is 3. The maximum Gasteiger partial charge on any atom is 0.417 e. The van der Waals surface area contributed by atoms with E-state index in [0.717, 1.165) is 38.7 Å². The van der Waals surface area contributed by atoms with E-state index in [-0.39, 0.29) is 93.6 Å². The second kappa shape index (κ2) is 24.2. The zero-order valence-electron chi connectivity index (χ0n) is 45.3. The van der Waals surface area contributed by atoms with Crippen LogP contribution in [0.3, 0.4) is 0 Å². The predicted molar refractivity (Wildman–Crippen MR) is 296 cm³/mol. The molecule has 2 saturated heterocycles. The lowest BCUT2D eigenvalue weighted by Crippen LogP contribution is -2.55. The highest BCUT2D eigenvalue weighted by molar-refractivity contribution is 7.81. The summed E-state index contributed by atoms with van der Waals surface area (Å²) in [7, 11) is 0. The average Bonchev–Trinajstić information content (AvgIpc) is 4.30. The summed E-state index contributed by atoms with van der Waals surface area (Å²) in [6, 6.07) is 22.9. The Labute approximate surface area is 467 Å². The summed E-state index contributed by atoms with van der Waals surface area (Å²) in [5.74, 6) is -0.542. The molecule has 16 nitrogen and oxygen atoms in total. The number of aryl methyl sites for hydroxylation is 1. The minimum absolute atomic E-state index is 0.0173. The van der Waals surface area contributed by atoms with Crippen molar-refractivity contribution in [3.05, 3.63) is 124 Å². The first kappa shape index (κ1) is 58.2. The molecule has 3 aliphatic rings. The number of nitrogens with zero attached hydrogens (tertiary/aromatic N) is 6. The molecule has 79 heavy (non-hydrogen) atoms. The number of rotatable bonds is 21. The normalized spacial score (nSPS) is 17.6. The molecule has 0 aliphatic carbocycles. The van der Waals surface area contributed by atoms with Crippen LogP contribution >= 0.6 is 23.6 Å². The monoisotopic (exact) mass is 1120 g/mol. The molecule has 21 heteroatoms. The lowest BCUT2D eigenvalue weighted by Gasteiger charge is -2.35. The number of ether oxygens (including phenoxy) is 5. The van der Waals surface area contributed by atoms with Gasteiger partial charge in [0, 0.05) is 42.9 Å². The zero-order chi connectivity index (χ0) is 57.0. The van der Waals surface area contributed by atoms with Gasteiger partial charge in [-0.3, -0.25) is 24.1 Å². The van der Waals surface area contributed by atoms with Crippen LogP contribution in [0.5, 0.6) is 11.5 Å². The lowest BCUT2D eigenvalue weighted by molar-refractivity contribution is -0.143. The van der Waals surface area contributed by atoms with Crippen LogP contribution in [0.2, 0.25) is 0 Å². The zero-order valence-corrected chi connectivity index (χ0v) is 47.0. The van der Waals surface area contributed by atoms with E-state index in [1.165, 1.54) is 17.4 Å². The van der Waals surface area contributed by atoms with Gasteiger partial charge in [-0.15, -0.1) is 11.3 Å². The van der Waals surface area contributed by atoms with Crippen LogP contribution in [0.4, 0.5) is 24.5 Å². The van der Waals surface area contributed by atoms with Crippen LogP contribution in [-0.2, 0) is 47.9 Å². The van der Waals surface area contributed by atoms with E-state index in [1.807, 2.05) is 77.9 Å². The number of fused-ring (bicyclic) bond motifs is 1. The fourth-order valence-corrected chi connectivity index (χ4v) is 11.4. The molecule has 418 valence electrons. The number of aromatic nitrogens is 1. The molecule has 5 aromatic rings. The van der Waals surface area contributed by atoms with Gasteiger partial charge >= 0.3 is 6.18 Å². The van der Waals surface area contributed by atoms with Gasteiger partial charge in [0.1, 0.15) is 42.3 Å². The Morgan fingerprint density at radius 1 is 0.911 bits per heavy atom. The molecule has 3 atom stereocenters. The van der Waals surface area contributed by atoms with Gasteiger partial charge in [0.15, 0.2) is 5.11 Å². The first-order chi connectivity index (χ1) is 37.5. The van der Waals surface area contributed by atoms with Crippen molar-refractivity contribution in [2.24, 2.45) is 5.92 Å². The van der Waals surface area contributed by atoms with Gasteiger partial charge in [0.25, 0.3) is 11.8 Å². The molecule has 1 aromatic heterocycles. The van der Waals surface area contributed by atoms with Gasteiger partial charge in [-0.2, -0.15) is 18.4 Å². The number of hydrogen-bond acceptors (Lipinski definition) is 13. The molecule has 0 bridgehead atoms. The summed E-state index contributed by atoms with van der Waals surface area (Å²) >= 11 is 7.16. The largest absolute Gasteiger partial charge is 0.491 e. The van der Waals surface area contributed by atoms with Crippen molar-refractivity contribution in [2.75, 3.05) is 56.0 Å². The number of anilines is 2. The summed E-state index contributed by atoms with van der Waals surface area (Å²) < 4.78 is 71.5. The smallest absolute Gasteiger partial charge is 0.417 e. The Kier molecular flexibility index (Phi) is 17.8. The highest BCUT2D eigenvalue weighted by Crippen LogP contribution is 2.41. The van der Waals surface area contributed by atoms with Crippen molar-refractivity contribution in [1.29, 1.82) is 5.26 Å². The number of nitriles is 1. The van der Waals surface area contributed by atoms with Crippen LogP contribution in [0.1, 0.15) is 93.2 Å². The molecule has 0 saturated carbocycles. The number of amides is 4. The highest BCUT2D eigenvalue weighted by Gasteiger charge is 2.51. The summed E-state index contributed by atoms with van der Waals surface area (Å²) in [6.07, 6.45) is -4.93. The van der Waals surface area contributed by atoms with Crippen molar-refractivity contribution >= 4 is 63.7 Å². The van der Waals surface area contributed by atoms with Gasteiger partial charge in [0.2, 0.25) is 11.8 Å². The summed E-state index contributed by atoms with van der Waals surface area (Å²) in [5.41, 5.74) is 2.66. The molecule has 0 spiro atoms.